The molecule has 11 nitrogen and oxygen atoms in total. The van der Waals surface area contributed by atoms with Crippen LogP contribution in [0.25, 0.3) is 10.9 Å². The van der Waals surface area contributed by atoms with Gasteiger partial charge in [0.1, 0.15) is 11.7 Å². The minimum atomic E-state index is -3.99. The van der Waals surface area contributed by atoms with Crippen molar-refractivity contribution in [3.8, 4) is 0 Å². The van der Waals surface area contributed by atoms with Gasteiger partial charge in [-0.15, -0.1) is 0 Å². The zero-order valence-corrected chi connectivity index (χ0v) is 29.1. The van der Waals surface area contributed by atoms with E-state index in [1.807, 2.05) is 56.3 Å². The van der Waals surface area contributed by atoms with Gasteiger partial charge in [-0.3, -0.25) is 14.4 Å². The smallest absolute Gasteiger partial charge is 0.270 e. The molecule has 0 fully saturated rings. The van der Waals surface area contributed by atoms with Crippen LogP contribution in [0, 0.1) is 5.92 Å². The van der Waals surface area contributed by atoms with E-state index in [0.29, 0.717) is 11.9 Å². The Morgan fingerprint density at radius 1 is 0.878 bits per heavy atom. The molecule has 49 heavy (non-hydrogen) atoms. The van der Waals surface area contributed by atoms with Crippen LogP contribution in [0.5, 0.6) is 0 Å². The first kappa shape index (κ1) is 37.2. The SMILES string of the molecule is CNC(=O)C[C@H](NC(=O)c1ccc2ccccc2n1)C(=O)N(C)[C@@H](Cc1ccccc1)[C@H](O)CN(CCC(C)C)S(=O)(=O)c1ccccc1. The summed E-state index contributed by atoms with van der Waals surface area (Å²) in [6.07, 6.45) is -0.963. The number of sulfonamides is 1. The average Bonchev–Trinajstić information content (AvgIpc) is 3.11. The quantitative estimate of drug-likeness (QED) is 0.163. The molecule has 4 rings (SSSR count). The molecule has 0 radical (unpaired) electrons. The van der Waals surface area contributed by atoms with E-state index in [9.17, 15) is 27.9 Å². The Labute approximate surface area is 288 Å². The van der Waals surface area contributed by atoms with E-state index < -0.39 is 45.9 Å². The third-order valence-corrected chi connectivity index (χ3v) is 10.3. The normalized spacial score (nSPS) is 13.5. The molecule has 12 heteroatoms. The minimum Gasteiger partial charge on any atom is -0.390 e. The minimum absolute atomic E-state index is 0.0730. The summed E-state index contributed by atoms with van der Waals surface area (Å²) in [6.45, 7) is 3.85. The van der Waals surface area contributed by atoms with Crippen molar-refractivity contribution in [2.45, 2.75) is 56.2 Å². The lowest BCUT2D eigenvalue weighted by molar-refractivity contribution is -0.138. The Bertz CT molecular complexity index is 1820. The summed E-state index contributed by atoms with van der Waals surface area (Å²) in [7, 11) is -1.07. The fraction of sp³-hybridized carbons (Fsp3) is 0.351. The molecule has 0 unspecified atom stereocenters. The number of nitrogens with one attached hydrogen (secondary N) is 2. The molecular weight excluding hydrogens is 643 g/mol. The fourth-order valence-corrected chi connectivity index (χ4v) is 6.99. The van der Waals surface area contributed by atoms with Gasteiger partial charge in [0, 0.05) is 32.6 Å². The van der Waals surface area contributed by atoms with Crippen LogP contribution in [-0.4, -0.2) is 90.8 Å². The summed E-state index contributed by atoms with van der Waals surface area (Å²) in [6, 6.07) is 25.6. The average molecular weight is 688 g/mol. The number of fused-ring (bicyclic) bond motifs is 1. The number of para-hydroxylation sites is 1. The van der Waals surface area contributed by atoms with Crippen LogP contribution in [-0.2, 0) is 26.0 Å². The second-order valence-electron chi connectivity index (χ2n) is 12.4. The first-order chi connectivity index (χ1) is 23.4. The molecule has 0 aliphatic heterocycles. The maximum Gasteiger partial charge on any atom is 0.270 e. The molecule has 3 amide bonds. The van der Waals surface area contributed by atoms with E-state index in [1.54, 1.807) is 42.5 Å². The van der Waals surface area contributed by atoms with Crippen molar-refractivity contribution in [2.24, 2.45) is 5.92 Å². The lowest BCUT2D eigenvalue weighted by atomic mass is 9.98. The number of pyridine rings is 1. The van der Waals surface area contributed by atoms with Crippen LogP contribution in [0.4, 0.5) is 0 Å². The van der Waals surface area contributed by atoms with E-state index in [2.05, 4.69) is 15.6 Å². The van der Waals surface area contributed by atoms with Crippen LogP contribution in [0.1, 0.15) is 42.7 Å². The van der Waals surface area contributed by atoms with Crippen molar-refractivity contribution < 1.29 is 27.9 Å². The highest BCUT2D eigenvalue weighted by atomic mass is 32.2. The van der Waals surface area contributed by atoms with Gasteiger partial charge in [-0.1, -0.05) is 86.6 Å². The van der Waals surface area contributed by atoms with E-state index >= 15 is 0 Å². The molecular formula is C37H45N5O6S. The Balaban J connectivity index is 1.65. The van der Waals surface area contributed by atoms with Gasteiger partial charge in [-0.25, -0.2) is 13.4 Å². The lowest BCUT2D eigenvalue weighted by Crippen LogP contribution is -2.56. The van der Waals surface area contributed by atoms with E-state index in [0.717, 1.165) is 10.9 Å². The Morgan fingerprint density at radius 3 is 2.16 bits per heavy atom. The molecule has 0 bridgehead atoms. The highest BCUT2D eigenvalue weighted by molar-refractivity contribution is 7.89. The molecule has 3 aromatic carbocycles. The van der Waals surface area contributed by atoms with Gasteiger partial charge in [-0.2, -0.15) is 4.31 Å². The number of carbonyl (C=O) groups excluding carboxylic acids is 3. The number of carbonyl (C=O) groups is 3. The number of amides is 3. The predicted octanol–water partition coefficient (Wildman–Crippen LogP) is 3.64. The van der Waals surface area contributed by atoms with E-state index in [-0.39, 0.29) is 42.4 Å². The van der Waals surface area contributed by atoms with Crippen molar-refractivity contribution in [3.63, 3.8) is 0 Å². The van der Waals surface area contributed by atoms with Crippen LogP contribution in [0.15, 0.2) is 102 Å². The monoisotopic (exact) mass is 687 g/mol. The summed E-state index contributed by atoms with van der Waals surface area (Å²) in [5, 5.41) is 17.8. The molecule has 0 saturated carbocycles. The van der Waals surface area contributed by atoms with Gasteiger partial charge in [-0.05, 0) is 48.6 Å². The lowest BCUT2D eigenvalue weighted by Gasteiger charge is -2.36. The van der Waals surface area contributed by atoms with Gasteiger partial charge >= 0.3 is 0 Å². The van der Waals surface area contributed by atoms with Gasteiger partial charge < -0.3 is 20.6 Å². The Kier molecular flexibility index (Phi) is 13.0. The fourth-order valence-electron chi connectivity index (χ4n) is 5.49. The van der Waals surface area contributed by atoms with Crippen molar-refractivity contribution in [1.82, 2.24) is 24.8 Å². The molecule has 0 spiro atoms. The summed E-state index contributed by atoms with van der Waals surface area (Å²) < 4.78 is 28.9. The molecule has 260 valence electrons. The molecule has 0 saturated heterocycles. The number of nitrogens with zero attached hydrogens (tertiary/aromatic N) is 3. The van der Waals surface area contributed by atoms with E-state index in [4.69, 9.17) is 0 Å². The third-order valence-electron chi connectivity index (χ3n) is 8.41. The zero-order chi connectivity index (χ0) is 35.6. The number of aromatic nitrogens is 1. The molecule has 4 aromatic rings. The van der Waals surface area contributed by atoms with E-state index in [1.165, 1.54) is 35.4 Å². The predicted molar refractivity (Wildman–Crippen MR) is 189 cm³/mol. The van der Waals surface area contributed by atoms with Crippen molar-refractivity contribution in [1.29, 1.82) is 0 Å². The number of aliphatic hydroxyl groups is 1. The summed E-state index contributed by atoms with van der Waals surface area (Å²) in [4.78, 5) is 46.0. The van der Waals surface area contributed by atoms with Crippen LogP contribution >= 0.6 is 0 Å². The van der Waals surface area contributed by atoms with Gasteiger partial charge in [0.2, 0.25) is 21.8 Å². The number of hydrogen-bond acceptors (Lipinski definition) is 7. The van der Waals surface area contributed by atoms with Crippen molar-refractivity contribution in [3.05, 3.63) is 108 Å². The Hall–Kier alpha value is -4.65. The summed E-state index contributed by atoms with van der Waals surface area (Å²) in [5.74, 6) is -1.55. The van der Waals surface area contributed by atoms with Crippen molar-refractivity contribution in [2.75, 3.05) is 27.2 Å². The molecule has 1 aromatic heterocycles. The van der Waals surface area contributed by atoms with Crippen molar-refractivity contribution >= 4 is 38.6 Å². The van der Waals surface area contributed by atoms with Gasteiger partial charge in [0.15, 0.2) is 0 Å². The van der Waals surface area contributed by atoms with Crippen LogP contribution in [0.3, 0.4) is 0 Å². The van der Waals surface area contributed by atoms with Crippen LogP contribution < -0.4 is 10.6 Å². The topological polar surface area (TPSA) is 149 Å². The highest BCUT2D eigenvalue weighted by Crippen LogP contribution is 2.21. The standard InChI is InChI=1S/C37H45N5O6S/c1-26(2)21-22-42(49(47,48)29-16-9-6-10-17-29)25-34(43)33(23-27-13-7-5-8-14-27)41(4)37(46)32(24-35(44)38-3)40-36(45)31-20-19-28-15-11-12-18-30(28)39-31/h5-20,26,32-34,43H,21-25H2,1-4H3,(H,38,44)(H,40,45)/t32-,33-,34+/m0/s1. The summed E-state index contributed by atoms with van der Waals surface area (Å²) in [5.41, 5.74) is 1.47. The maximum atomic E-state index is 14.2. The number of benzene rings is 3. The molecule has 1 heterocycles. The number of likely N-dealkylation sites (N-methyl/N-ethyl adjacent to an activating group) is 1. The summed E-state index contributed by atoms with van der Waals surface area (Å²) >= 11 is 0. The molecule has 0 aliphatic carbocycles. The van der Waals surface area contributed by atoms with Gasteiger partial charge in [0.25, 0.3) is 5.91 Å². The number of aliphatic hydroxyl groups excluding tert-OH is 1. The number of hydrogen-bond donors (Lipinski definition) is 3. The maximum absolute atomic E-state index is 14.2. The second kappa shape index (κ2) is 17.1. The third kappa shape index (κ3) is 9.94. The molecule has 3 N–H and O–H groups in total. The first-order valence-corrected chi connectivity index (χ1v) is 17.8. The zero-order valence-electron chi connectivity index (χ0n) is 28.3. The van der Waals surface area contributed by atoms with Gasteiger partial charge in [0.05, 0.1) is 29.0 Å². The largest absolute Gasteiger partial charge is 0.390 e. The van der Waals surface area contributed by atoms with Crippen LogP contribution in [0.2, 0.25) is 0 Å². The first-order valence-electron chi connectivity index (χ1n) is 16.3. The molecule has 3 atom stereocenters. The number of rotatable bonds is 16. The highest BCUT2D eigenvalue weighted by Gasteiger charge is 2.36. The second-order valence-corrected chi connectivity index (χ2v) is 14.4. The molecule has 0 aliphatic rings. The Morgan fingerprint density at radius 2 is 1.51 bits per heavy atom.